The standard InChI is InChI=1S/C10H16Br2O3/c1-5(2)7(11)9(13)15-10(14)8(12)6(3)4/h5-8H,1-4H3. The third-order valence-corrected chi connectivity index (χ3v) is 4.68. The van der Waals surface area contributed by atoms with Gasteiger partial charge in [0.15, 0.2) is 0 Å². The molecule has 0 rings (SSSR count). The third kappa shape index (κ3) is 5.11. The molecular formula is C10H16Br2O3. The Hall–Kier alpha value is 0.1000. The number of ether oxygens (including phenoxy) is 1. The van der Waals surface area contributed by atoms with E-state index < -0.39 is 21.6 Å². The lowest BCUT2D eigenvalue weighted by molar-refractivity contribution is -0.159. The molecule has 0 saturated carbocycles. The summed E-state index contributed by atoms with van der Waals surface area (Å²) >= 11 is 6.36. The van der Waals surface area contributed by atoms with Gasteiger partial charge < -0.3 is 4.74 Å². The number of halogens is 2. The van der Waals surface area contributed by atoms with Gasteiger partial charge in [-0.2, -0.15) is 0 Å². The van der Waals surface area contributed by atoms with Gasteiger partial charge in [-0.15, -0.1) is 0 Å². The first-order valence-corrected chi connectivity index (χ1v) is 6.64. The lowest BCUT2D eigenvalue weighted by Gasteiger charge is -2.15. The van der Waals surface area contributed by atoms with E-state index in [1.54, 1.807) is 0 Å². The van der Waals surface area contributed by atoms with Crippen molar-refractivity contribution in [1.82, 2.24) is 0 Å². The minimum absolute atomic E-state index is 0.0955. The second-order valence-electron chi connectivity index (χ2n) is 4.03. The molecule has 0 amide bonds. The van der Waals surface area contributed by atoms with Crippen LogP contribution in [0.1, 0.15) is 27.7 Å². The Morgan fingerprint density at radius 2 is 1.13 bits per heavy atom. The predicted molar refractivity (Wildman–Crippen MR) is 66.2 cm³/mol. The molecule has 0 aromatic carbocycles. The smallest absolute Gasteiger partial charge is 0.327 e. The van der Waals surface area contributed by atoms with Crippen LogP contribution in [-0.4, -0.2) is 21.6 Å². The Labute approximate surface area is 107 Å². The van der Waals surface area contributed by atoms with Gasteiger partial charge in [-0.3, -0.25) is 9.59 Å². The van der Waals surface area contributed by atoms with Crippen LogP contribution in [-0.2, 0) is 14.3 Å². The molecule has 0 aliphatic carbocycles. The predicted octanol–water partition coefficient (Wildman–Crippen LogP) is 2.90. The van der Waals surface area contributed by atoms with Crippen LogP contribution >= 0.6 is 31.9 Å². The van der Waals surface area contributed by atoms with Gasteiger partial charge in [-0.1, -0.05) is 59.6 Å². The van der Waals surface area contributed by atoms with Gasteiger partial charge in [-0.25, -0.2) is 0 Å². The lowest BCUT2D eigenvalue weighted by Crippen LogP contribution is -2.30. The summed E-state index contributed by atoms with van der Waals surface area (Å²) in [5.74, 6) is -0.864. The molecule has 5 heteroatoms. The van der Waals surface area contributed by atoms with E-state index in [9.17, 15) is 9.59 Å². The highest BCUT2D eigenvalue weighted by Gasteiger charge is 2.27. The Kier molecular flexibility index (Phi) is 6.68. The Morgan fingerprint density at radius 1 is 0.867 bits per heavy atom. The van der Waals surface area contributed by atoms with Crippen LogP contribution < -0.4 is 0 Å². The second-order valence-corrected chi connectivity index (χ2v) is 6.00. The molecule has 0 spiro atoms. The maximum atomic E-state index is 11.4. The van der Waals surface area contributed by atoms with E-state index in [2.05, 4.69) is 31.9 Å². The third-order valence-electron chi connectivity index (χ3n) is 1.82. The number of hydrogen-bond acceptors (Lipinski definition) is 3. The van der Waals surface area contributed by atoms with Crippen molar-refractivity contribution in [3.63, 3.8) is 0 Å². The molecule has 15 heavy (non-hydrogen) atoms. The van der Waals surface area contributed by atoms with Gasteiger partial charge in [-0.05, 0) is 11.8 Å². The minimum Gasteiger partial charge on any atom is -0.391 e. The molecule has 0 bridgehead atoms. The molecule has 0 aromatic heterocycles. The number of esters is 2. The van der Waals surface area contributed by atoms with Crippen LogP contribution in [0.3, 0.4) is 0 Å². The molecular weight excluding hydrogens is 328 g/mol. The van der Waals surface area contributed by atoms with Crippen LogP contribution in [0.2, 0.25) is 0 Å². The van der Waals surface area contributed by atoms with Crippen molar-refractivity contribution in [3.05, 3.63) is 0 Å². The fourth-order valence-corrected chi connectivity index (χ4v) is 0.943. The lowest BCUT2D eigenvalue weighted by atomic mass is 10.1. The molecule has 0 aliphatic rings. The molecule has 3 nitrogen and oxygen atoms in total. The largest absolute Gasteiger partial charge is 0.391 e. The number of carbonyl (C=O) groups is 2. The van der Waals surface area contributed by atoms with Crippen molar-refractivity contribution in [2.45, 2.75) is 37.3 Å². The second kappa shape index (κ2) is 6.63. The summed E-state index contributed by atoms with van der Waals surface area (Å²) in [6.07, 6.45) is 0. The van der Waals surface area contributed by atoms with Gasteiger partial charge >= 0.3 is 11.9 Å². The van der Waals surface area contributed by atoms with Crippen molar-refractivity contribution in [1.29, 1.82) is 0 Å². The summed E-state index contributed by atoms with van der Waals surface area (Å²) in [7, 11) is 0. The van der Waals surface area contributed by atoms with Gasteiger partial charge in [0.05, 0.1) is 0 Å². The van der Waals surface area contributed by atoms with Crippen molar-refractivity contribution in [2.24, 2.45) is 11.8 Å². The highest BCUT2D eigenvalue weighted by molar-refractivity contribution is 9.10. The molecule has 0 saturated heterocycles. The summed E-state index contributed by atoms with van der Waals surface area (Å²) in [6, 6.07) is 0. The van der Waals surface area contributed by atoms with E-state index in [1.165, 1.54) is 0 Å². The van der Waals surface area contributed by atoms with Crippen LogP contribution in [0, 0.1) is 11.8 Å². The van der Waals surface area contributed by atoms with Crippen LogP contribution in [0.4, 0.5) is 0 Å². The Bertz CT molecular complexity index is 215. The maximum absolute atomic E-state index is 11.4. The summed E-state index contributed by atoms with van der Waals surface area (Å²) in [5, 5.41) is 0. The van der Waals surface area contributed by atoms with Gasteiger partial charge in [0.1, 0.15) is 9.65 Å². The first-order chi connectivity index (χ1) is 6.77. The summed E-state index contributed by atoms with van der Waals surface area (Å²) < 4.78 is 4.72. The zero-order valence-electron chi connectivity index (χ0n) is 9.29. The number of hydrogen-bond donors (Lipinski definition) is 0. The minimum atomic E-state index is -0.528. The zero-order chi connectivity index (χ0) is 12.2. The molecule has 2 unspecified atom stereocenters. The van der Waals surface area contributed by atoms with Crippen LogP contribution in [0.5, 0.6) is 0 Å². The first-order valence-electron chi connectivity index (χ1n) is 4.81. The van der Waals surface area contributed by atoms with E-state index in [1.807, 2.05) is 27.7 Å². The highest BCUT2D eigenvalue weighted by Crippen LogP contribution is 2.17. The molecule has 0 radical (unpaired) electrons. The Balaban J connectivity index is 4.25. The summed E-state index contributed by atoms with van der Waals surface area (Å²) in [5.41, 5.74) is 0. The number of rotatable bonds is 4. The Morgan fingerprint density at radius 3 is 1.33 bits per heavy atom. The van der Waals surface area contributed by atoms with Crippen LogP contribution in [0.15, 0.2) is 0 Å². The SMILES string of the molecule is CC(C)C(Br)C(=O)OC(=O)C(Br)C(C)C. The number of carbonyl (C=O) groups excluding carboxylic acids is 2. The molecule has 2 atom stereocenters. The molecule has 0 aromatic rings. The number of alkyl halides is 2. The van der Waals surface area contributed by atoms with Gasteiger partial charge in [0.25, 0.3) is 0 Å². The zero-order valence-corrected chi connectivity index (χ0v) is 12.5. The fourth-order valence-electron chi connectivity index (χ4n) is 0.756. The van der Waals surface area contributed by atoms with E-state index in [0.29, 0.717) is 0 Å². The van der Waals surface area contributed by atoms with Gasteiger partial charge in [0, 0.05) is 0 Å². The average molecular weight is 344 g/mol. The molecule has 0 N–H and O–H groups in total. The monoisotopic (exact) mass is 342 g/mol. The van der Waals surface area contributed by atoms with E-state index >= 15 is 0 Å². The summed E-state index contributed by atoms with van der Waals surface area (Å²) in [6.45, 7) is 7.50. The quantitative estimate of drug-likeness (QED) is 0.448. The normalized spacial score (nSPS) is 15.2. The van der Waals surface area contributed by atoms with E-state index in [4.69, 9.17) is 4.74 Å². The van der Waals surface area contributed by atoms with E-state index in [0.717, 1.165) is 0 Å². The highest BCUT2D eigenvalue weighted by atomic mass is 79.9. The first kappa shape index (κ1) is 15.1. The van der Waals surface area contributed by atoms with Gasteiger partial charge in [0.2, 0.25) is 0 Å². The fraction of sp³-hybridized carbons (Fsp3) is 0.800. The molecule has 0 heterocycles. The van der Waals surface area contributed by atoms with E-state index in [-0.39, 0.29) is 11.8 Å². The van der Waals surface area contributed by atoms with Crippen molar-refractivity contribution in [3.8, 4) is 0 Å². The molecule has 88 valence electrons. The van der Waals surface area contributed by atoms with Crippen molar-refractivity contribution < 1.29 is 14.3 Å². The maximum Gasteiger partial charge on any atom is 0.327 e. The average Bonchev–Trinajstić information content (AvgIpc) is 2.14. The molecule has 0 fully saturated rings. The van der Waals surface area contributed by atoms with Crippen molar-refractivity contribution in [2.75, 3.05) is 0 Å². The molecule has 0 aliphatic heterocycles. The van der Waals surface area contributed by atoms with Crippen molar-refractivity contribution >= 4 is 43.8 Å². The summed E-state index contributed by atoms with van der Waals surface area (Å²) in [4.78, 5) is 21.9. The van der Waals surface area contributed by atoms with Crippen LogP contribution in [0.25, 0.3) is 0 Å². The topological polar surface area (TPSA) is 43.4 Å².